The molecule has 0 radical (unpaired) electrons. The first-order valence-electron chi connectivity index (χ1n) is 6.45. The van der Waals surface area contributed by atoms with Crippen molar-refractivity contribution in [2.45, 2.75) is 6.92 Å². The summed E-state index contributed by atoms with van der Waals surface area (Å²) in [5, 5.41) is 2.68. The Morgan fingerprint density at radius 1 is 1.14 bits per heavy atom. The molecule has 0 saturated carbocycles. The number of carbonyl (C=O) groups excluding carboxylic acids is 1. The number of amides is 1. The first kappa shape index (κ1) is 16.3. The second-order valence-electron chi connectivity index (χ2n) is 4.61. The zero-order valence-corrected chi connectivity index (χ0v) is 14.0. The van der Waals surface area contributed by atoms with E-state index in [9.17, 15) is 9.18 Å². The van der Waals surface area contributed by atoms with Gasteiger partial charge in [0.25, 0.3) is 5.91 Å². The number of benzene rings is 2. The van der Waals surface area contributed by atoms with Crippen molar-refractivity contribution < 1.29 is 18.7 Å². The standard InChI is InChI=1S/C16H15BrFNO3/c1-9-4-5-11(18)8-12(9)19-16(20)10-6-13(21-2)15(17)14(7-10)22-3/h4-8H,1-3H3,(H,19,20). The number of anilines is 1. The molecule has 4 nitrogen and oxygen atoms in total. The molecule has 0 aromatic heterocycles. The van der Waals surface area contributed by atoms with E-state index >= 15 is 0 Å². The molecule has 0 aliphatic carbocycles. The van der Waals surface area contributed by atoms with Crippen LogP contribution in [0.25, 0.3) is 0 Å². The van der Waals surface area contributed by atoms with Gasteiger partial charge < -0.3 is 14.8 Å². The van der Waals surface area contributed by atoms with Crippen LogP contribution in [0.5, 0.6) is 11.5 Å². The Labute approximate surface area is 136 Å². The Kier molecular flexibility index (Phi) is 5.03. The summed E-state index contributed by atoms with van der Waals surface area (Å²) in [7, 11) is 3.00. The lowest BCUT2D eigenvalue weighted by molar-refractivity contribution is 0.102. The van der Waals surface area contributed by atoms with Crippen LogP contribution in [0.2, 0.25) is 0 Å². The molecule has 0 bridgehead atoms. The highest BCUT2D eigenvalue weighted by Gasteiger charge is 2.15. The summed E-state index contributed by atoms with van der Waals surface area (Å²) in [6.45, 7) is 1.79. The highest BCUT2D eigenvalue weighted by Crippen LogP contribution is 2.35. The number of halogens is 2. The van der Waals surface area contributed by atoms with Crippen LogP contribution in [-0.4, -0.2) is 20.1 Å². The number of nitrogens with one attached hydrogen (secondary N) is 1. The third-order valence-corrected chi connectivity index (χ3v) is 3.94. The fraction of sp³-hybridized carbons (Fsp3) is 0.188. The third-order valence-electron chi connectivity index (χ3n) is 3.16. The van der Waals surface area contributed by atoms with Crippen LogP contribution in [0, 0.1) is 12.7 Å². The number of rotatable bonds is 4. The van der Waals surface area contributed by atoms with Gasteiger partial charge >= 0.3 is 0 Å². The van der Waals surface area contributed by atoms with Gasteiger partial charge in [0.15, 0.2) is 0 Å². The van der Waals surface area contributed by atoms with Gasteiger partial charge in [0.1, 0.15) is 21.8 Å². The molecule has 22 heavy (non-hydrogen) atoms. The molecule has 2 aromatic rings. The molecule has 1 N–H and O–H groups in total. The Morgan fingerprint density at radius 2 is 1.73 bits per heavy atom. The molecular formula is C16H15BrFNO3. The number of hydrogen-bond acceptors (Lipinski definition) is 3. The molecule has 1 amide bonds. The minimum Gasteiger partial charge on any atom is -0.495 e. The average Bonchev–Trinajstić information content (AvgIpc) is 2.51. The van der Waals surface area contributed by atoms with Crippen LogP contribution in [0.3, 0.4) is 0 Å². The molecule has 2 rings (SSSR count). The second-order valence-corrected chi connectivity index (χ2v) is 5.40. The predicted molar refractivity (Wildman–Crippen MR) is 86.3 cm³/mol. The maximum Gasteiger partial charge on any atom is 0.255 e. The van der Waals surface area contributed by atoms with Crippen molar-refractivity contribution in [2.75, 3.05) is 19.5 Å². The first-order valence-corrected chi connectivity index (χ1v) is 7.24. The predicted octanol–water partition coefficient (Wildman–Crippen LogP) is 4.17. The van der Waals surface area contributed by atoms with Gasteiger partial charge in [-0.2, -0.15) is 0 Å². The lowest BCUT2D eigenvalue weighted by Gasteiger charge is -2.12. The molecule has 0 unspecified atom stereocenters. The number of ether oxygens (including phenoxy) is 2. The number of hydrogen-bond donors (Lipinski definition) is 1. The summed E-state index contributed by atoms with van der Waals surface area (Å²) in [6.07, 6.45) is 0. The summed E-state index contributed by atoms with van der Waals surface area (Å²) in [4.78, 5) is 12.4. The van der Waals surface area contributed by atoms with Gasteiger partial charge in [0.05, 0.1) is 14.2 Å². The van der Waals surface area contributed by atoms with E-state index in [-0.39, 0.29) is 5.91 Å². The molecule has 0 aliphatic heterocycles. The highest BCUT2D eigenvalue weighted by molar-refractivity contribution is 9.10. The van der Waals surface area contributed by atoms with Crippen LogP contribution < -0.4 is 14.8 Å². The van der Waals surface area contributed by atoms with E-state index in [0.717, 1.165) is 5.56 Å². The van der Waals surface area contributed by atoms with E-state index in [0.29, 0.717) is 27.2 Å². The first-order chi connectivity index (χ1) is 10.5. The molecular weight excluding hydrogens is 353 g/mol. The Hall–Kier alpha value is -2.08. The minimum absolute atomic E-state index is 0.348. The van der Waals surface area contributed by atoms with Gasteiger partial charge in [-0.3, -0.25) is 4.79 Å². The van der Waals surface area contributed by atoms with Crippen LogP contribution in [0.1, 0.15) is 15.9 Å². The molecule has 0 fully saturated rings. The van der Waals surface area contributed by atoms with E-state index in [2.05, 4.69) is 21.2 Å². The van der Waals surface area contributed by atoms with Crippen molar-refractivity contribution in [3.63, 3.8) is 0 Å². The summed E-state index contributed by atoms with van der Waals surface area (Å²) in [5.41, 5.74) is 1.54. The highest BCUT2D eigenvalue weighted by atomic mass is 79.9. The lowest BCUT2D eigenvalue weighted by Crippen LogP contribution is -2.13. The van der Waals surface area contributed by atoms with E-state index in [1.807, 2.05) is 0 Å². The van der Waals surface area contributed by atoms with E-state index in [4.69, 9.17) is 9.47 Å². The molecule has 0 atom stereocenters. The number of methoxy groups -OCH3 is 2. The molecule has 116 valence electrons. The number of carbonyl (C=O) groups is 1. The van der Waals surface area contributed by atoms with E-state index in [1.54, 1.807) is 25.1 Å². The zero-order valence-electron chi connectivity index (χ0n) is 12.4. The van der Waals surface area contributed by atoms with Crippen LogP contribution in [-0.2, 0) is 0 Å². The van der Waals surface area contributed by atoms with Crippen molar-refractivity contribution in [1.29, 1.82) is 0 Å². The van der Waals surface area contributed by atoms with Gasteiger partial charge in [-0.1, -0.05) is 6.07 Å². The quantitative estimate of drug-likeness (QED) is 0.882. The largest absolute Gasteiger partial charge is 0.495 e. The number of aryl methyl sites for hydroxylation is 1. The van der Waals surface area contributed by atoms with Gasteiger partial charge in [0, 0.05) is 11.3 Å². The molecule has 0 spiro atoms. The third kappa shape index (κ3) is 3.39. The summed E-state index contributed by atoms with van der Waals surface area (Å²) in [6, 6.07) is 7.39. The molecule has 0 saturated heterocycles. The average molecular weight is 368 g/mol. The van der Waals surface area contributed by atoms with Crippen molar-refractivity contribution in [3.8, 4) is 11.5 Å². The van der Waals surface area contributed by atoms with Crippen LogP contribution >= 0.6 is 15.9 Å². The van der Waals surface area contributed by atoms with Gasteiger partial charge in [-0.15, -0.1) is 0 Å². The van der Waals surface area contributed by atoms with Crippen molar-refractivity contribution in [1.82, 2.24) is 0 Å². The molecule has 0 heterocycles. The lowest BCUT2D eigenvalue weighted by atomic mass is 10.1. The Bertz CT molecular complexity index is 694. The summed E-state index contributed by atoms with van der Waals surface area (Å²) >= 11 is 3.34. The summed E-state index contributed by atoms with van der Waals surface area (Å²) in [5.74, 6) is 0.158. The van der Waals surface area contributed by atoms with Crippen LogP contribution in [0.15, 0.2) is 34.8 Å². The van der Waals surface area contributed by atoms with Crippen molar-refractivity contribution in [2.24, 2.45) is 0 Å². The van der Waals surface area contributed by atoms with Gasteiger partial charge in [-0.25, -0.2) is 4.39 Å². The van der Waals surface area contributed by atoms with E-state index < -0.39 is 5.82 Å². The van der Waals surface area contributed by atoms with Crippen molar-refractivity contribution in [3.05, 3.63) is 51.7 Å². The van der Waals surface area contributed by atoms with Crippen molar-refractivity contribution >= 4 is 27.5 Å². The zero-order chi connectivity index (χ0) is 16.3. The second kappa shape index (κ2) is 6.79. The fourth-order valence-electron chi connectivity index (χ4n) is 1.92. The van der Waals surface area contributed by atoms with E-state index in [1.165, 1.54) is 26.4 Å². The fourth-order valence-corrected chi connectivity index (χ4v) is 2.48. The monoisotopic (exact) mass is 367 g/mol. The SMILES string of the molecule is COc1cc(C(=O)Nc2cc(F)ccc2C)cc(OC)c1Br. The maximum atomic E-state index is 13.3. The Balaban J connectivity index is 2.35. The molecule has 0 aliphatic rings. The maximum absolute atomic E-state index is 13.3. The minimum atomic E-state index is -0.410. The summed E-state index contributed by atoms with van der Waals surface area (Å²) < 4.78 is 24.3. The van der Waals surface area contributed by atoms with Gasteiger partial charge in [0.2, 0.25) is 0 Å². The van der Waals surface area contributed by atoms with Crippen LogP contribution in [0.4, 0.5) is 10.1 Å². The molecule has 2 aromatic carbocycles. The Morgan fingerprint density at radius 3 is 2.27 bits per heavy atom. The topological polar surface area (TPSA) is 47.6 Å². The molecule has 6 heteroatoms. The smallest absolute Gasteiger partial charge is 0.255 e. The normalized spacial score (nSPS) is 10.2. The van der Waals surface area contributed by atoms with Gasteiger partial charge in [-0.05, 0) is 52.7 Å².